The monoisotopic (exact) mass is 520 g/mol. The van der Waals surface area contributed by atoms with Gasteiger partial charge in [0.15, 0.2) is 0 Å². The van der Waals surface area contributed by atoms with Crippen molar-refractivity contribution < 1.29 is 9.53 Å². The second-order valence-corrected chi connectivity index (χ2v) is 9.90. The first kappa shape index (κ1) is 26.4. The quantitative estimate of drug-likeness (QED) is 0.151. The van der Waals surface area contributed by atoms with Crippen LogP contribution in [-0.2, 0) is 4.79 Å². The van der Waals surface area contributed by atoms with Crippen LogP contribution in [0.2, 0.25) is 0 Å². The molecule has 6 heteroatoms. The Balaban J connectivity index is 1.20. The van der Waals surface area contributed by atoms with Gasteiger partial charge in [0.05, 0.1) is 11.7 Å². The maximum absolute atomic E-state index is 12.2. The summed E-state index contributed by atoms with van der Waals surface area (Å²) in [5.74, 6) is 0.951. The van der Waals surface area contributed by atoms with Crippen molar-refractivity contribution in [1.29, 1.82) is 0 Å². The van der Waals surface area contributed by atoms with Crippen LogP contribution in [0.4, 0.5) is 0 Å². The first-order valence-electron chi connectivity index (χ1n) is 13.8. The van der Waals surface area contributed by atoms with Gasteiger partial charge >= 0.3 is 0 Å². The van der Waals surface area contributed by atoms with Crippen molar-refractivity contribution in [2.24, 2.45) is 0 Å². The summed E-state index contributed by atoms with van der Waals surface area (Å²) < 4.78 is 5.97. The van der Waals surface area contributed by atoms with Crippen molar-refractivity contribution in [1.82, 2.24) is 20.4 Å². The normalized spacial score (nSPS) is 14.5. The summed E-state index contributed by atoms with van der Waals surface area (Å²) in [7, 11) is 0. The zero-order chi connectivity index (χ0) is 26.9. The fraction of sp³-hybridized carbons (Fsp3) is 0.273. The fourth-order valence-corrected chi connectivity index (χ4v) is 5.05. The average Bonchev–Trinajstić information content (AvgIpc) is 3.46. The molecule has 4 aromatic rings. The van der Waals surface area contributed by atoms with Crippen molar-refractivity contribution in [3.63, 3.8) is 0 Å². The average molecular weight is 521 g/mol. The van der Waals surface area contributed by atoms with E-state index in [1.165, 1.54) is 23.1 Å². The Labute approximate surface area is 230 Å². The highest BCUT2D eigenvalue weighted by molar-refractivity contribution is 5.99. The molecule has 0 saturated carbocycles. The molecule has 5 rings (SSSR count). The number of carbonyl (C=O) groups is 1. The van der Waals surface area contributed by atoms with Crippen LogP contribution in [0, 0.1) is 0 Å². The van der Waals surface area contributed by atoms with Crippen molar-refractivity contribution in [2.45, 2.75) is 26.2 Å². The molecule has 1 aliphatic rings. The predicted octanol–water partition coefficient (Wildman–Crippen LogP) is 6.08. The molecule has 0 spiro atoms. The molecule has 1 aliphatic heterocycles. The van der Waals surface area contributed by atoms with Crippen LogP contribution >= 0.6 is 0 Å². The molecule has 1 aromatic heterocycles. The molecular weight excluding hydrogens is 484 g/mol. The molecule has 0 atom stereocenters. The number of allylic oxidation sites excluding steroid dienone is 1. The van der Waals surface area contributed by atoms with Crippen LogP contribution in [-0.4, -0.2) is 53.8 Å². The number of piperidine rings is 1. The topological polar surface area (TPSA) is 70.2 Å². The van der Waals surface area contributed by atoms with Crippen molar-refractivity contribution in [3.05, 3.63) is 108 Å². The number of hydrogen-bond donors (Lipinski definition) is 2. The largest absolute Gasteiger partial charge is 0.492 e. The first-order chi connectivity index (χ1) is 19.2. The van der Waals surface area contributed by atoms with E-state index >= 15 is 0 Å². The second-order valence-electron chi connectivity index (χ2n) is 9.90. The summed E-state index contributed by atoms with van der Waals surface area (Å²) in [6.45, 7) is 5.84. The number of fused-ring (bicyclic) bond motifs is 1. The zero-order valence-electron chi connectivity index (χ0n) is 22.5. The minimum absolute atomic E-state index is 0.119. The van der Waals surface area contributed by atoms with E-state index in [0.29, 0.717) is 19.7 Å². The number of ether oxygens (including phenoxy) is 1. The van der Waals surface area contributed by atoms with E-state index in [2.05, 4.69) is 77.0 Å². The molecule has 0 aliphatic carbocycles. The zero-order valence-corrected chi connectivity index (χ0v) is 22.5. The molecule has 2 heterocycles. The SMILES string of the molecule is C/C(=C(/c1ccc(OCCNC/C=C/C(=O)N2CCCCC2)cc1)c1ccc2[nH]ncc2c1)c1ccccc1. The van der Waals surface area contributed by atoms with Crippen LogP contribution < -0.4 is 10.1 Å². The lowest BCUT2D eigenvalue weighted by atomic mass is 9.90. The lowest BCUT2D eigenvalue weighted by Gasteiger charge is -2.25. The lowest BCUT2D eigenvalue weighted by molar-refractivity contribution is -0.126. The Hall–Kier alpha value is -4.16. The molecule has 1 amide bonds. The van der Waals surface area contributed by atoms with Gasteiger partial charge < -0.3 is 15.0 Å². The Kier molecular flexibility index (Phi) is 8.86. The Bertz CT molecular complexity index is 1430. The number of H-pyrrole nitrogens is 1. The number of amides is 1. The lowest BCUT2D eigenvalue weighted by Crippen LogP contribution is -2.34. The van der Waals surface area contributed by atoms with E-state index in [-0.39, 0.29) is 5.91 Å². The predicted molar refractivity (Wildman–Crippen MR) is 159 cm³/mol. The molecule has 0 unspecified atom stereocenters. The number of benzene rings is 3. The van der Waals surface area contributed by atoms with Gasteiger partial charge in [-0.3, -0.25) is 9.89 Å². The number of nitrogens with one attached hydrogen (secondary N) is 2. The highest BCUT2D eigenvalue weighted by Gasteiger charge is 2.14. The van der Waals surface area contributed by atoms with Gasteiger partial charge in [0.25, 0.3) is 0 Å². The van der Waals surface area contributed by atoms with Crippen LogP contribution in [0.1, 0.15) is 42.9 Å². The fourth-order valence-electron chi connectivity index (χ4n) is 5.05. The van der Waals surface area contributed by atoms with Crippen LogP contribution in [0.3, 0.4) is 0 Å². The van der Waals surface area contributed by atoms with E-state index in [1.54, 1.807) is 6.08 Å². The maximum atomic E-state index is 12.2. The van der Waals surface area contributed by atoms with E-state index in [4.69, 9.17) is 4.74 Å². The maximum Gasteiger partial charge on any atom is 0.246 e. The summed E-state index contributed by atoms with van der Waals surface area (Å²) in [6.07, 6.45) is 8.90. The molecule has 1 fully saturated rings. The number of rotatable bonds is 10. The third kappa shape index (κ3) is 6.84. The van der Waals surface area contributed by atoms with E-state index in [9.17, 15) is 4.79 Å². The number of aromatic nitrogens is 2. The molecule has 0 radical (unpaired) electrons. The van der Waals surface area contributed by atoms with Gasteiger partial charge in [-0.25, -0.2) is 0 Å². The Morgan fingerprint density at radius 1 is 0.974 bits per heavy atom. The first-order valence-corrected chi connectivity index (χ1v) is 13.8. The molecule has 0 bridgehead atoms. The number of nitrogens with zero attached hydrogens (tertiary/aromatic N) is 2. The smallest absolute Gasteiger partial charge is 0.246 e. The molecule has 200 valence electrons. The number of hydrogen-bond acceptors (Lipinski definition) is 4. The van der Waals surface area contributed by atoms with Gasteiger partial charge in [0.1, 0.15) is 12.4 Å². The third-order valence-electron chi connectivity index (χ3n) is 7.19. The van der Waals surface area contributed by atoms with Crippen molar-refractivity contribution in [3.8, 4) is 5.75 Å². The summed E-state index contributed by atoms with van der Waals surface area (Å²) in [5, 5.41) is 11.6. The van der Waals surface area contributed by atoms with E-state index < -0.39 is 0 Å². The minimum Gasteiger partial charge on any atom is -0.492 e. The standard InChI is InChI=1S/C33H36N4O2/c1-25(26-9-4-2-5-10-26)33(28-14-17-31-29(23-28)24-35-36-31)27-12-15-30(16-13-27)39-22-19-34-18-8-11-32(38)37-20-6-3-7-21-37/h2,4-5,8-17,23-24,34H,3,6-7,18-22H2,1H3,(H,35,36)/b11-8+,33-25+. The van der Waals surface area contributed by atoms with Crippen LogP contribution in [0.5, 0.6) is 5.75 Å². The summed E-state index contributed by atoms with van der Waals surface area (Å²) in [4.78, 5) is 14.1. The van der Waals surface area contributed by atoms with Crippen molar-refractivity contribution >= 4 is 28.0 Å². The molecule has 6 nitrogen and oxygen atoms in total. The molecule has 1 saturated heterocycles. The highest BCUT2D eigenvalue weighted by atomic mass is 16.5. The van der Waals surface area contributed by atoms with Gasteiger partial charge in [-0.15, -0.1) is 0 Å². The van der Waals surface area contributed by atoms with Crippen molar-refractivity contribution in [2.75, 3.05) is 32.8 Å². The second kappa shape index (κ2) is 13.1. The van der Waals surface area contributed by atoms with Gasteiger partial charge in [-0.1, -0.05) is 54.6 Å². The number of likely N-dealkylation sites (tertiary alicyclic amines) is 1. The molecule has 2 N–H and O–H groups in total. The molecule has 39 heavy (non-hydrogen) atoms. The number of aromatic amines is 1. The summed E-state index contributed by atoms with van der Waals surface area (Å²) in [6, 6.07) is 25.2. The summed E-state index contributed by atoms with van der Waals surface area (Å²) in [5.41, 5.74) is 6.89. The summed E-state index contributed by atoms with van der Waals surface area (Å²) >= 11 is 0. The number of carbonyl (C=O) groups excluding carboxylic acids is 1. The van der Waals surface area contributed by atoms with E-state index in [0.717, 1.165) is 53.7 Å². The molecule has 3 aromatic carbocycles. The highest BCUT2D eigenvalue weighted by Crippen LogP contribution is 2.34. The molecular formula is C33H36N4O2. The van der Waals surface area contributed by atoms with Crippen LogP contribution in [0.15, 0.2) is 91.1 Å². The van der Waals surface area contributed by atoms with Gasteiger partial charge in [-0.2, -0.15) is 5.10 Å². The Morgan fingerprint density at radius 2 is 1.74 bits per heavy atom. The van der Waals surface area contributed by atoms with Gasteiger partial charge in [0, 0.05) is 37.6 Å². The van der Waals surface area contributed by atoms with Gasteiger partial charge in [-0.05, 0) is 78.3 Å². The minimum atomic E-state index is 0.119. The van der Waals surface area contributed by atoms with Crippen LogP contribution in [0.25, 0.3) is 22.0 Å². The third-order valence-corrected chi connectivity index (χ3v) is 7.19. The van der Waals surface area contributed by atoms with Gasteiger partial charge in [0.2, 0.25) is 5.91 Å². The Morgan fingerprint density at radius 3 is 2.54 bits per heavy atom. The van der Waals surface area contributed by atoms with E-state index in [1.807, 2.05) is 35.4 Å².